The predicted molar refractivity (Wildman–Crippen MR) is 109 cm³/mol. The van der Waals surface area contributed by atoms with Crippen LogP contribution in [0.4, 0.5) is 0 Å². The molecule has 0 amide bonds. The molecule has 2 atom stereocenters. The van der Waals surface area contributed by atoms with E-state index in [-0.39, 0.29) is 6.61 Å². The number of benzene rings is 2. The maximum Gasteiger partial charge on any atom is 0.252 e. The molecule has 1 heterocycles. The van der Waals surface area contributed by atoms with Crippen molar-refractivity contribution in [2.24, 2.45) is 0 Å². The first-order valence-electron chi connectivity index (χ1n) is 9.63. The summed E-state index contributed by atoms with van der Waals surface area (Å²) in [6, 6.07) is 16.7. The summed E-state index contributed by atoms with van der Waals surface area (Å²) >= 11 is 5.89. The highest BCUT2D eigenvalue weighted by Gasteiger charge is 2.24. The second kappa shape index (κ2) is 8.86. The molecular formula is C22H24ClN3O2. The summed E-state index contributed by atoms with van der Waals surface area (Å²) in [5.41, 5.74) is 3.39. The van der Waals surface area contributed by atoms with Gasteiger partial charge in [0.15, 0.2) is 0 Å². The number of halogens is 1. The summed E-state index contributed by atoms with van der Waals surface area (Å²) in [4.78, 5) is 4.44. The van der Waals surface area contributed by atoms with Gasteiger partial charge in [0.1, 0.15) is 6.61 Å². The molecule has 1 saturated carbocycles. The first kappa shape index (κ1) is 19.1. The molecular weight excluding hydrogens is 374 g/mol. The Balaban J connectivity index is 1.33. The van der Waals surface area contributed by atoms with Crippen molar-refractivity contribution < 1.29 is 9.26 Å². The first-order chi connectivity index (χ1) is 13.7. The molecule has 0 bridgehead atoms. The zero-order valence-electron chi connectivity index (χ0n) is 15.9. The van der Waals surface area contributed by atoms with Crippen LogP contribution in [-0.2, 0) is 18.0 Å². The topological polar surface area (TPSA) is 60.2 Å². The van der Waals surface area contributed by atoms with Gasteiger partial charge in [-0.05, 0) is 55.5 Å². The third-order valence-electron chi connectivity index (χ3n) is 5.36. The van der Waals surface area contributed by atoms with E-state index in [0.717, 1.165) is 11.1 Å². The van der Waals surface area contributed by atoms with Gasteiger partial charge >= 0.3 is 0 Å². The van der Waals surface area contributed by atoms with Crippen molar-refractivity contribution >= 4 is 11.6 Å². The minimum absolute atomic E-state index is 0.279. The fourth-order valence-corrected chi connectivity index (χ4v) is 3.84. The Bertz CT molecular complexity index is 893. The van der Waals surface area contributed by atoms with Crippen LogP contribution in [0, 0.1) is 0 Å². The Kier molecular flexibility index (Phi) is 6.05. The maximum absolute atomic E-state index is 5.89. The van der Waals surface area contributed by atoms with Crippen LogP contribution in [0.25, 0.3) is 11.4 Å². The summed E-state index contributed by atoms with van der Waals surface area (Å²) in [5.74, 6) is 1.70. The highest BCUT2D eigenvalue weighted by atomic mass is 35.5. The molecule has 6 heteroatoms. The molecule has 0 saturated heterocycles. The van der Waals surface area contributed by atoms with E-state index < -0.39 is 0 Å². The Labute approximate surface area is 170 Å². The molecule has 1 aliphatic rings. The highest BCUT2D eigenvalue weighted by molar-refractivity contribution is 6.30. The van der Waals surface area contributed by atoms with Crippen molar-refractivity contribution in [3.8, 4) is 11.4 Å². The van der Waals surface area contributed by atoms with E-state index in [1.807, 2.05) is 31.3 Å². The van der Waals surface area contributed by atoms with Crippen LogP contribution in [-0.4, -0.2) is 23.2 Å². The predicted octanol–water partition coefficient (Wildman–Crippen LogP) is 4.96. The molecule has 0 radical (unpaired) electrons. The van der Waals surface area contributed by atoms with Gasteiger partial charge < -0.3 is 14.6 Å². The molecule has 4 rings (SSSR count). The van der Waals surface area contributed by atoms with Crippen LogP contribution < -0.4 is 5.32 Å². The summed E-state index contributed by atoms with van der Waals surface area (Å²) in [7, 11) is 2.04. The van der Waals surface area contributed by atoms with Crippen LogP contribution in [0.2, 0.25) is 5.02 Å². The molecule has 0 spiro atoms. The van der Waals surface area contributed by atoms with Gasteiger partial charge in [0, 0.05) is 16.6 Å². The standard InChI is InChI=1S/C22H24ClN3O2/c1-24-20-11-8-18(12-20)16-4-6-17(7-5-16)22-25-21(28-26-22)14-27-13-15-2-9-19(23)10-3-15/h2-7,9-10,18,20,24H,8,11-14H2,1H3/t18?,20-/m1/s1. The zero-order chi connectivity index (χ0) is 19.3. The smallest absolute Gasteiger partial charge is 0.252 e. The molecule has 1 aliphatic carbocycles. The Morgan fingerprint density at radius 2 is 1.86 bits per heavy atom. The van der Waals surface area contributed by atoms with E-state index in [9.17, 15) is 0 Å². The monoisotopic (exact) mass is 397 g/mol. The van der Waals surface area contributed by atoms with Crippen molar-refractivity contribution in [1.82, 2.24) is 15.5 Å². The fourth-order valence-electron chi connectivity index (χ4n) is 3.72. The summed E-state index contributed by atoms with van der Waals surface area (Å²) < 4.78 is 11.0. The average molecular weight is 398 g/mol. The van der Waals surface area contributed by atoms with Gasteiger partial charge in [0.25, 0.3) is 5.89 Å². The Morgan fingerprint density at radius 3 is 2.57 bits per heavy atom. The van der Waals surface area contributed by atoms with Crippen LogP contribution in [0.5, 0.6) is 0 Å². The molecule has 1 aromatic heterocycles. The molecule has 28 heavy (non-hydrogen) atoms. The SMILES string of the molecule is CN[C@@H]1CCC(c2ccc(-c3noc(COCc4ccc(Cl)cc4)n3)cc2)C1. The van der Waals surface area contributed by atoms with Crippen LogP contribution in [0.15, 0.2) is 53.1 Å². The molecule has 0 aliphatic heterocycles. The van der Waals surface area contributed by atoms with Gasteiger partial charge in [-0.3, -0.25) is 0 Å². The molecule has 146 valence electrons. The van der Waals surface area contributed by atoms with Gasteiger partial charge in [0.05, 0.1) is 6.61 Å². The van der Waals surface area contributed by atoms with Gasteiger partial charge in [-0.2, -0.15) is 4.98 Å². The third kappa shape index (κ3) is 4.61. The normalized spacial score (nSPS) is 19.2. The average Bonchev–Trinajstić information content (AvgIpc) is 3.39. The summed E-state index contributed by atoms with van der Waals surface area (Å²) in [5, 5.41) is 8.18. The summed E-state index contributed by atoms with van der Waals surface area (Å²) in [6.07, 6.45) is 3.68. The van der Waals surface area contributed by atoms with E-state index >= 15 is 0 Å². The van der Waals surface area contributed by atoms with Gasteiger partial charge in [-0.15, -0.1) is 0 Å². The van der Waals surface area contributed by atoms with Gasteiger partial charge in [0.2, 0.25) is 5.82 Å². The number of nitrogens with zero attached hydrogens (tertiary/aromatic N) is 2. The van der Waals surface area contributed by atoms with Crippen LogP contribution >= 0.6 is 11.6 Å². The van der Waals surface area contributed by atoms with E-state index in [2.05, 4.69) is 39.7 Å². The van der Waals surface area contributed by atoms with Crippen molar-refractivity contribution in [1.29, 1.82) is 0 Å². The molecule has 2 aromatic carbocycles. The summed E-state index contributed by atoms with van der Waals surface area (Å²) in [6.45, 7) is 0.750. The lowest BCUT2D eigenvalue weighted by Crippen LogP contribution is -2.21. The largest absolute Gasteiger partial charge is 0.367 e. The number of rotatable bonds is 7. The number of aromatic nitrogens is 2. The Morgan fingerprint density at radius 1 is 1.07 bits per heavy atom. The maximum atomic E-state index is 5.89. The van der Waals surface area contributed by atoms with Crippen molar-refractivity contribution in [2.75, 3.05) is 7.05 Å². The minimum Gasteiger partial charge on any atom is -0.367 e. The van der Waals surface area contributed by atoms with Gasteiger partial charge in [-0.1, -0.05) is 53.2 Å². The van der Waals surface area contributed by atoms with Crippen molar-refractivity contribution in [3.05, 3.63) is 70.6 Å². The lowest BCUT2D eigenvalue weighted by Gasteiger charge is -2.11. The van der Waals surface area contributed by atoms with Crippen LogP contribution in [0.1, 0.15) is 42.2 Å². The Hall–Kier alpha value is -2.21. The fraction of sp³-hybridized carbons (Fsp3) is 0.364. The van der Waals surface area contributed by atoms with Crippen molar-refractivity contribution in [3.63, 3.8) is 0 Å². The highest BCUT2D eigenvalue weighted by Crippen LogP contribution is 2.35. The van der Waals surface area contributed by atoms with E-state index in [0.29, 0.717) is 35.3 Å². The zero-order valence-corrected chi connectivity index (χ0v) is 16.7. The lowest BCUT2D eigenvalue weighted by atomic mass is 9.96. The first-order valence-corrected chi connectivity index (χ1v) is 10.0. The number of hydrogen-bond acceptors (Lipinski definition) is 5. The molecule has 5 nitrogen and oxygen atoms in total. The number of hydrogen-bond donors (Lipinski definition) is 1. The second-order valence-corrected chi connectivity index (χ2v) is 7.69. The van der Waals surface area contributed by atoms with E-state index in [1.54, 1.807) is 0 Å². The quantitative estimate of drug-likeness (QED) is 0.610. The lowest BCUT2D eigenvalue weighted by molar-refractivity contribution is 0.0850. The van der Waals surface area contributed by atoms with E-state index in [4.69, 9.17) is 20.9 Å². The van der Waals surface area contributed by atoms with E-state index in [1.165, 1.54) is 24.8 Å². The minimum atomic E-state index is 0.279. The molecule has 3 aromatic rings. The van der Waals surface area contributed by atoms with Gasteiger partial charge in [-0.25, -0.2) is 0 Å². The van der Waals surface area contributed by atoms with Crippen LogP contribution in [0.3, 0.4) is 0 Å². The van der Waals surface area contributed by atoms with Crippen molar-refractivity contribution in [2.45, 2.75) is 44.4 Å². The molecule has 1 unspecified atom stereocenters. The number of ether oxygens (including phenoxy) is 1. The molecule has 1 fully saturated rings. The molecule has 1 N–H and O–H groups in total. The number of nitrogens with one attached hydrogen (secondary N) is 1. The third-order valence-corrected chi connectivity index (χ3v) is 5.61. The second-order valence-electron chi connectivity index (χ2n) is 7.25.